The predicted octanol–water partition coefficient (Wildman–Crippen LogP) is 5.23. The van der Waals surface area contributed by atoms with Gasteiger partial charge in [0.25, 0.3) is 0 Å². The van der Waals surface area contributed by atoms with Crippen LogP contribution in [0, 0.1) is 17.8 Å². The molecule has 0 bridgehead atoms. The van der Waals surface area contributed by atoms with Crippen molar-refractivity contribution in [2.45, 2.75) is 19.4 Å². The fraction of sp³-hybridized carbons (Fsp3) is 0.321. The highest BCUT2D eigenvalue weighted by molar-refractivity contribution is 6.30. The molecule has 33 heavy (non-hydrogen) atoms. The quantitative estimate of drug-likeness (QED) is 0.525. The van der Waals surface area contributed by atoms with Crippen molar-refractivity contribution >= 4 is 23.6 Å². The number of halogens is 1. The van der Waals surface area contributed by atoms with E-state index in [1.165, 1.54) is 5.56 Å². The molecular formula is C28H29ClN2O2. The lowest BCUT2D eigenvalue weighted by Crippen LogP contribution is -2.41. The van der Waals surface area contributed by atoms with Crippen LogP contribution in [0.25, 0.3) is 6.08 Å². The zero-order valence-corrected chi connectivity index (χ0v) is 19.4. The van der Waals surface area contributed by atoms with Crippen LogP contribution < -0.4 is 5.32 Å². The van der Waals surface area contributed by atoms with Crippen molar-refractivity contribution in [2.24, 2.45) is 17.8 Å². The lowest BCUT2D eigenvalue weighted by molar-refractivity contribution is -0.135. The van der Waals surface area contributed by atoms with Crippen molar-refractivity contribution in [3.05, 3.63) is 100 Å². The van der Waals surface area contributed by atoms with E-state index in [9.17, 15) is 4.79 Å². The van der Waals surface area contributed by atoms with Gasteiger partial charge in [0.15, 0.2) is 0 Å². The van der Waals surface area contributed by atoms with E-state index in [-0.39, 0.29) is 11.8 Å². The first-order valence-electron chi connectivity index (χ1n) is 11.7. The van der Waals surface area contributed by atoms with Crippen LogP contribution in [-0.2, 0) is 24.2 Å². The van der Waals surface area contributed by atoms with E-state index in [4.69, 9.17) is 16.0 Å². The fourth-order valence-electron chi connectivity index (χ4n) is 5.06. The van der Waals surface area contributed by atoms with Gasteiger partial charge in [-0.05, 0) is 78.7 Å². The third-order valence-corrected chi connectivity index (χ3v) is 7.14. The number of carbonyl (C=O) groups excluding carboxylic acids is 1. The van der Waals surface area contributed by atoms with E-state index in [0.29, 0.717) is 29.8 Å². The maximum atomic E-state index is 13.8. The highest BCUT2D eigenvalue weighted by atomic mass is 35.5. The number of amides is 1. The normalized spacial score (nSPS) is 21.7. The summed E-state index contributed by atoms with van der Waals surface area (Å²) in [5, 5.41) is 4.28. The van der Waals surface area contributed by atoms with E-state index in [0.717, 1.165) is 42.9 Å². The number of hydrogen-bond donors (Lipinski definition) is 1. The molecule has 0 saturated carbocycles. The van der Waals surface area contributed by atoms with E-state index < -0.39 is 0 Å². The number of carbonyl (C=O) groups is 1. The molecule has 1 fully saturated rings. The number of benzene rings is 2. The van der Waals surface area contributed by atoms with Crippen LogP contribution in [0.5, 0.6) is 0 Å². The molecular weight excluding hydrogens is 432 g/mol. The molecule has 1 unspecified atom stereocenters. The number of rotatable bonds is 7. The van der Waals surface area contributed by atoms with Crippen LogP contribution in [0.2, 0.25) is 5.02 Å². The van der Waals surface area contributed by atoms with Crippen molar-refractivity contribution < 1.29 is 9.21 Å². The summed E-state index contributed by atoms with van der Waals surface area (Å²) in [6.07, 6.45) is 7.36. The average Bonchev–Trinajstić information content (AvgIpc) is 3.49. The SMILES string of the molecule is O=C(C1C=Cc2occc2C1)N(Cc1ccc(Cl)cc1)C[C@H]1CNC[C@@H]1Cc1ccccc1. The first kappa shape index (κ1) is 22.0. The van der Waals surface area contributed by atoms with Crippen molar-refractivity contribution in [3.63, 3.8) is 0 Å². The summed E-state index contributed by atoms with van der Waals surface area (Å²) in [5.41, 5.74) is 3.56. The van der Waals surface area contributed by atoms with Gasteiger partial charge in [0.1, 0.15) is 5.76 Å². The fourth-order valence-corrected chi connectivity index (χ4v) is 5.18. The van der Waals surface area contributed by atoms with Gasteiger partial charge in [0.2, 0.25) is 5.91 Å². The minimum Gasteiger partial charge on any atom is -0.465 e. The highest BCUT2D eigenvalue weighted by Gasteiger charge is 2.33. The second-order valence-electron chi connectivity index (χ2n) is 9.19. The van der Waals surface area contributed by atoms with Gasteiger partial charge in [-0.15, -0.1) is 0 Å². The van der Waals surface area contributed by atoms with Gasteiger partial charge in [0.05, 0.1) is 12.2 Å². The van der Waals surface area contributed by atoms with Crippen LogP contribution in [0.3, 0.4) is 0 Å². The smallest absolute Gasteiger partial charge is 0.230 e. The first-order valence-corrected chi connectivity index (χ1v) is 12.1. The zero-order valence-electron chi connectivity index (χ0n) is 18.6. The average molecular weight is 461 g/mol. The van der Waals surface area contributed by atoms with Crippen LogP contribution >= 0.6 is 11.6 Å². The number of nitrogens with zero attached hydrogens (tertiary/aromatic N) is 1. The Balaban J connectivity index is 1.34. The third-order valence-electron chi connectivity index (χ3n) is 6.89. The lowest BCUT2D eigenvalue weighted by Gasteiger charge is -2.31. The van der Waals surface area contributed by atoms with E-state index in [1.807, 2.05) is 42.5 Å². The monoisotopic (exact) mass is 460 g/mol. The van der Waals surface area contributed by atoms with E-state index in [2.05, 4.69) is 40.5 Å². The van der Waals surface area contributed by atoms with Gasteiger partial charge >= 0.3 is 0 Å². The van der Waals surface area contributed by atoms with Gasteiger partial charge in [-0.2, -0.15) is 0 Å². The number of furan rings is 1. The molecule has 5 rings (SSSR count). The number of hydrogen-bond acceptors (Lipinski definition) is 3. The molecule has 4 nitrogen and oxygen atoms in total. The van der Waals surface area contributed by atoms with Crippen molar-refractivity contribution in [3.8, 4) is 0 Å². The second-order valence-corrected chi connectivity index (χ2v) is 9.63. The minimum atomic E-state index is -0.163. The Morgan fingerprint density at radius 3 is 2.61 bits per heavy atom. The lowest BCUT2D eigenvalue weighted by atomic mass is 9.88. The Bertz CT molecular complexity index is 1110. The van der Waals surface area contributed by atoms with Crippen LogP contribution in [0.4, 0.5) is 0 Å². The molecule has 3 aromatic rings. The third kappa shape index (κ3) is 5.23. The molecule has 1 amide bonds. The molecule has 170 valence electrons. The molecule has 0 radical (unpaired) electrons. The standard InChI is InChI=1S/C28H29ClN2O2/c29-26-9-6-21(7-10-26)18-31(28(32)23-8-11-27-22(15-23)12-13-33-27)19-25-17-30-16-24(25)14-20-4-2-1-3-5-20/h1-13,23-25,30H,14-19H2/t23?,24-,25+/m0/s1. The Hall–Kier alpha value is -2.82. The second kappa shape index (κ2) is 9.98. The Morgan fingerprint density at radius 2 is 1.79 bits per heavy atom. The Kier molecular flexibility index (Phi) is 6.65. The van der Waals surface area contributed by atoms with Crippen molar-refractivity contribution in [1.82, 2.24) is 10.2 Å². The van der Waals surface area contributed by atoms with Crippen LogP contribution in [0.15, 0.2) is 77.4 Å². The van der Waals surface area contributed by atoms with Gasteiger partial charge in [-0.1, -0.05) is 60.1 Å². The highest BCUT2D eigenvalue weighted by Crippen LogP contribution is 2.28. The summed E-state index contributed by atoms with van der Waals surface area (Å²) < 4.78 is 5.50. The molecule has 1 aliphatic heterocycles. The van der Waals surface area contributed by atoms with Gasteiger partial charge in [-0.3, -0.25) is 4.79 Å². The summed E-state index contributed by atoms with van der Waals surface area (Å²) in [7, 11) is 0. The summed E-state index contributed by atoms with van der Waals surface area (Å²) in [4.78, 5) is 15.8. The van der Waals surface area contributed by atoms with Crippen molar-refractivity contribution in [2.75, 3.05) is 19.6 Å². The minimum absolute atomic E-state index is 0.163. The maximum absolute atomic E-state index is 13.8. The maximum Gasteiger partial charge on any atom is 0.230 e. The molecule has 2 heterocycles. The van der Waals surface area contributed by atoms with Gasteiger partial charge in [0, 0.05) is 18.1 Å². The molecule has 1 aliphatic carbocycles. The molecule has 1 N–H and O–H groups in total. The Labute approximate surface area is 200 Å². The van der Waals surface area contributed by atoms with Crippen LogP contribution in [0.1, 0.15) is 22.5 Å². The summed E-state index contributed by atoms with van der Waals surface area (Å²) in [5.74, 6) is 1.81. The first-order chi connectivity index (χ1) is 16.2. The molecule has 5 heteroatoms. The zero-order chi connectivity index (χ0) is 22.6. The van der Waals surface area contributed by atoms with E-state index in [1.54, 1.807) is 6.26 Å². The number of nitrogens with one attached hydrogen (secondary N) is 1. The van der Waals surface area contributed by atoms with Gasteiger partial charge in [-0.25, -0.2) is 0 Å². The van der Waals surface area contributed by atoms with Crippen LogP contribution in [-0.4, -0.2) is 30.4 Å². The molecule has 2 aromatic carbocycles. The summed E-state index contributed by atoms with van der Waals surface area (Å²) >= 11 is 6.10. The van der Waals surface area contributed by atoms with Gasteiger partial charge < -0.3 is 14.6 Å². The topological polar surface area (TPSA) is 45.5 Å². The molecule has 1 aromatic heterocycles. The predicted molar refractivity (Wildman–Crippen MR) is 132 cm³/mol. The molecule has 1 saturated heterocycles. The summed E-state index contributed by atoms with van der Waals surface area (Å²) in [6, 6.07) is 20.4. The molecule has 0 spiro atoms. The van der Waals surface area contributed by atoms with E-state index >= 15 is 0 Å². The van der Waals surface area contributed by atoms with Crippen molar-refractivity contribution in [1.29, 1.82) is 0 Å². The largest absolute Gasteiger partial charge is 0.465 e. The summed E-state index contributed by atoms with van der Waals surface area (Å²) in [6.45, 7) is 3.26. The molecule has 3 atom stereocenters. The Morgan fingerprint density at radius 1 is 1.00 bits per heavy atom. The molecule has 2 aliphatic rings. The number of fused-ring (bicyclic) bond motifs is 1.